The Hall–Kier alpha value is -1.06. The van der Waals surface area contributed by atoms with Gasteiger partial charge in [0.05, 0.1) is 0 Å². The number of rotatable bonds is 5. The van der Waals surface area contributed by atoms with E-state index in [0.29, 0.717) is 18.9 Å². The van der Waals surface area contributed by atoms with Gasteiger partial charge in [0, 0.05) is 19.0 Å². The molecule has 102 valence electrons. The maximum absolute atomic E-state index is 12.1. The highest BCUT2D eigenvalue weighted by atomic mass is 16.2. The Morgan fingerprint density at radius 3 is 2.72 bits per heavy atom. The molecule has 1 saturated carbocycles. The second-order valence-electron chi connectivity index (χ2n) is 5.44. The molecule has 1 aliphatic heterocycles. The summed E-state index contributed by atoms with van der Waals surface area (Å²) in [6.45, 7) is 2.84. The van der Waals surface area contributed by atoms with Gasteiger partial charge in [-0.25, -0.2) is 0 Å². The lowest BCUT2D eigenvalue weighted by atomic mass is 10.1. The van der Waals surface area contributed by atoms with Gasteiger partial charge in [-0.15, -0.1) is 0 Å². The first kappa shape index (κ1) is 13.4. The third-order valence-electron chi connectivity index (χ3n) is 4.11. The summed E-state index contributed by atoms with van der Waals surface area (Å²) >= 11 is 0. The Bertz CT molecular complexity index is 311. The van der Waals surface area contributed by atoms with Gasteiger partial charge in [-0.3, -0.25) is 9.59 Å². The molecule has 0 aromatic heterocycles. The van der Waals surface area contributed by atoms with Crippen molar-refractivity contribution in [2.24, 2.45) is 0 Å². The second kappa shape index (κ2) is 6.21. The molecule has 2 amide bonds. The predicted octanol–water partition coefficient (Wildman–Crippen LogP) is 1.84. The van der Waals surface area contributed by atoms with Crippen molar-refractivity contribution in [3.05, 3.63) is 0 Å². The molecule has 0 aromatic rings. The van der Waals surface area contributed by atoms with Crippen LogP contribution in [-0.4, -0.2) is 35.3 Å². The Morgan fingerprint density at radius 2 is 2.06 bits per heavy atom. The van der Waals surface area contributed by atoms with Gasteiger partial charge in [0.25, 0.3) is 0 Å². The molecular formula is C14H24N2O2. The van der Waals surface area contributed by atoms with Crippen LogP contribution in [-0.2, 0) is 9.59 Å². The van der Waals surface area contributed by atoms with Crippen LogP contribution in [0.5, 0.6) is 0 Å². The summed E-state index contributed by atoms with van der Waals surface area (Å²) in [7, 11) is 0. The van der Waals surface area contributed by atoms with Crippen molar-refractivity contribution in [1.29, 1.82) is 0 Å². The molecule has 0 radical (unpaired) electrons. The normalized spacial score (nSPS) is 24.8. The van der Waals surface area contributed by atoms with Crippen molar-refractivity contribution >= 4 is 11.8 Å². The number of unbranched alkanes of at least 4 members (excludes halogenated alkanes) is 1. The van der Waals surface area contributed by atoms with Gasteiger partial charge in [0.2, 0.25) is 11.8 Å². The van der Waals surface area contributed by atoms with E-state index in [1.54, 1.807) is 0 Å². The topological polar surface area (TPSA) is 49.4 Å². The standard InChI is InChI=1S/C14H24N2O2/c1-2-3-10-15-14(18)12-8-9-13(17)16(12)11-6-4-5-7-11/h11-12H,2-10H2,1H3,(H,15,18). The number of hydrogen-bond donors (Lipinski definition) is 1. The molecule has 0 spiro atoms. The number of nitrogens with zero attached hydrogens (tertiary/aromatic N) is 1. The zero-order valence-electron chi connectivity index (χ0n) is 11.3. The lowest BCUT2D eigenvalue weighted by molar-refractivity contribution is -0.137. The van der Waals surface area contributed by atoms with Gasteiger partial charge < -0.3 is 10.2 Å². The molecule has 1 saturated heterocycles. The molecule has 4 nitrogen and oxygen atoms in total. The summed E-state index contributed by atoms with van der Waals surface area (Å²) in [5.74, 6) is 0.235. The molecule has 1 heterocycles. The summed E-state index contributed by atoms with van der Waals surface area (Å²) in [5, 5.41) is 2.97. The van der Waals surface area contributed by atoms with E-state index >= 15 is 0 Å². The molecule has 0 aromatic carbocycles. The summed E-state index contributed by atoms with van der Waals surface area (Å²) < 4.78 is 0. The van der Waals surface area contributed by atoms with Crippen molar-refractivity contribution < 1.29 is 9.59 Å². The van der Waals surface area contributed by atoms with Crippen molar-refractivity contribution in [3.8, 4) is 0 Å². The van der Waals surface area contributed by atoms with Crippen LogP contribution in [0.1, 0.15) is 58.3 Å². The average molecular weight is 252 g/mol. The van der Waals surface area contributed by atoms with Crippen LogP contribution in [0.3, 0.4) is 0 Å². The van der Waals surface area contributed by atoms with Crippen molar-refractivity contribution in [2.45, 2.75) is 70.4 Å². The zero-order chi connectivity index (χ0) is 13.0. The molecule has 1 N–H and O–H groups in total. The Kier molecular flexibility index (Phi) is 4.61. The second-order valence-corrected chi connectivity index (χ2v) is 5.44. The van der Waals surface area contributed by atoms with Gasteiger partial charge in [0.15, 0.2) is 0 Å². The van der Waals surface area contributed by atoms with E-state index in [1.165, 1.54) is 12.8 Å². The highest BCUT2D eigenvalue weighted by molar-refractivity contribution is 5.91. The van der Waals surface area contributed by atoms with Crippen LogP contribution in [0, 0.1) is 0 Å². The van der Waals surface area contributed by atoms with Gasteiger partial charge in [0.1, 0.15) is 6.04 Å². The monoisotopic (exact) mass is 252 g/mol. The highest BCUT2D eigenvalue weighted by Crippen LogP contribution is 2.30. The molecule has 1 unspecified atom stereocenters. The summed E-state index contributed by atoms with van der Waals surface area (Å²) in [6.07, 6.45) is 7.87. The molecule has 1 atom stereocenters. The van der Waals surface area contributed by atoms with E-state index in [-0.39, 0.29) is 17.9 Å². The minimum atomic E-state index is -0.197. The molecule has 0 bridgehead atoms. The summed E-state index contributed by atoms with van der Waals surface area (Å²) in [5.41, 5.74) is 0. The quantitative estimate of drug-likeness (QED) is 0.759. The van der Waals surface area contributed by atoms with Gasteiger partial charge in [-0.05, 0) is 25.7 Å². The van der Waals surface area contributed by atoms with Crippen molar-refractivity contribution in [2.75, 3.05) is 6.54 Å². The maximum Gasteiger partial charge on any atom is 0.242 e. The number of amides is 2. The van der Waals surface area contributed by atoms with Crippen LogP contribution >= 0.6 is 0 Å². The van der Waals surface area contributed by atoms with Crippen molar-refractivity contribution in [1.82, 2.24) is 10.2 Å². The highest BCUT2D eigenvalue weighted by Gasteiger charge is 2.40. The first-order valence-corrected chi connectivity index (χ1v) is 7.33. The largest absolute Gasteiger partial charge is 0.354 e. The fourth-order valence-electron chi connectivity index (χ4n) is 3.11. The Balaban J connectivity index is 1.93. The molecule has 2 rings (SSSR count). The van der Waals surface area contributed by atoms with Gasteiger partial charge in [-0.1, -0.05) is 26.2 Å². The minimum Gasteiger partial charge on any atom is -0.354 e. The first-order valence-electron chi connectivity index (χ1n) is 7.33. The molecule has 4 heteroatoms. The van der Waals surface area contributed by atoms with E-state index in [4.69, 9.17) is 0 Å². The first-order chi connectivity index (χ1) is 8.74. The fourth-order valence-corrected chi connectivity index (χ4v) is 3.11. The van der Waals surface area contributed by atoms with Crippen LogP contribution in [0.4, 0.5) is 0 Å². The molecule has 1 aliphatic carbocycles. The SMILES string of the molecule is CCCCNC(=O)C1CCC(=O)N1C1CCCC1. The number of carbonyl (C=O) groups excluding carboxylic acids is 2. The smallest absolute Gasteiger partial charge is 0.242 e. The molecule has 18 heavy (non-hydrogen) atoms. The van der Waals surface area contributed by atoms with Gasteiger partial charge in [-0.2, -0.15) is 0 Å². The number of carbonyl (C=O) groups is 2. The van der Waals surface area contributed by atoms with E-state index in [2.05, 4.69) is 12.2 Å². The van der Waals surface area contributed by atoms with Crippen LogP contribution in [0.15, 0.2) is 0 Å². The van der Waals surface area contributed by atoms with E-state index < -0.39 is 0 Å². The average Bonchev–Trinajstić information content (AvgIpc) is 2.97. The minimum absolute atomic E-state index is 0.0567. The van der Waals surface area contributed by atoms with E-state index in [9.17, 15) is 9.59 Å². The van der Waals surface area contributed by atoms with E-state index in [1.807, 2.05) is 4.90 Å². The molecule has 2 aliphatic rings. The zero-order valence-corrected chi connectivity index (χ0v) is 11.3. The maximum atomic E-state index is 12.1. The predicted molar refractivity (Wildman–Crippen MR) is 70.0 cm³/mol. The number of hydrogen-bond acceptors (Lipinski definition) is 2. The number of nitrogens with one attached hydrogen (secondary N) is 1. The summed E-state index contributed by atoms with van der Waals surface area (Å²) in [6, 6.07) is 0.124. The Labute approximate surface area is 109 Å². The third-order valence-corrected chi connectivity index (χ3v) is 4.11. The van der Waals surface area contributed by atoms with Crippen LogP contribution in [0.25, 0.3) is 0 Å². The Morgan fingerprint density at radius 1 is 1.33 bits per heavy atom. The molecular weight excluding hydrogens is 228 g/mol. The van der Waals surface area contributed by atoms with Crippen LogP contribution in [0.2, 0.25) is 0 Å². The molecule has 2 fully saturated rings. The van der Waals surface area contributed by atoms with Crippen molar-refractivity contribution in [3.63, 3.8) is 0 Å². The lowest BCUT2D eigenvalue weighted by Gasteiger charge is -2.29. The lowest BCUT2D eigenvalue weighted by Crippen LogP contribution is -2.48. The van der Waals surface area contributed by atoms with Gasteiger partial charge >= 0.3 is 0 Å². The summed E-state index contributed by atoms with van der Waals surface area (Å²) in [4.78, 5) is 26.0. The third kappa shape index (κ3) is 2.85. The fraction of sp³-hybridized carbons (Fsp3) is 0.857. The van der Waals surface area contributed by atoms with Crippen LogP contribution < -0.4 is 5.32 Å². The van der Waals surface area contributed by atoms with E-state index in [0.717, 1.165) is 32.2 Å². The number of likely N-dealkylation sites (tertiary alicyclic amines) is 1.